The van der Waals surface area contributed by atoms with Crippen LogP contribution in [0.15, 0.2) is 65.9 Å². The fraction of sp³-hybridized carbons (Fsp3) is 0.200. The highest BCUT2D eigenvalue weighted by Crippen LogP contribution is 2.29. The average molecular weight is 388 g/mol. The Balaban J connectivity index is 1.81. The van der Waals surface area contributed by atoms with Crippen LogP contribution in [-0.4, -0.2) is 18.6 Å². The number of ether oxygens (including phenoxy) is 2. The van der Waals surface area contributed by atoms with Gasteiger partial charge in [-0.1, -0.05) is 42.5 Å². The van der Waals surface area contributed by atoms with E-state index >= 15 is 0 Å². The van der Waals surface area contributed by atoms with Gasteiger partial charge < -0.3 is 20.1 Å². The summed E-state index contributed by atoms with van der Waals surface area (Å²) in [5.41, 5.74) is 1.95. The Morgan fingerprint density at radius 1 is 1.11 bits per heavy atom. The number of allylic oxidation sites excluding steroid dienone is 1. The minimum atomic E-state index is -2.94. The van der Waals surface area contributed by atoms with Gasteiger partial charge in [-0.15, -0.1) is 0 Å². The van der Waals surface area contributed by atoms with Gasteiger partial charge >= 0.3 is 18.6 Å². The number of hydrogen-bond donors (Lipinski definition) is 2. The molecule has 1 unspecified atom stereocenters. The van der Waals surface area contributed by atoms with Gasteiger partial charge in [0.1, 0.15) is 12.4 Å². The second-order valence-electron chi connectivity index (χ2n) is 6.08. The van der Waals surface area contributed by atoms with Gasteiger partial charge in [0.15, 0.2) is 0 Å². The molecule has 2 amide bonds. The minimum Gasteiger partial charge on any atom is -0.457 e. The number of hydrogen-bond acceptors (Lipinski definition) is 4. The summed E-state index contributed by atoms with van der Waals surface area (Å²) in [7, 11) is 0. The number of esters is 1. The molecule has 146 valence electrons. The number of carbonyl (C=O) groups is 2. The van der Waals surface area contributed by atoms with E-state index in [-0.39, 0.29) is 17.9 Å². The van der Waals surface area contributed by atoms with Crippen molar-refractivity contribution in [1.82, 2.24) is 10.6 Å². The monoisotopic (exact) mass is 388 g/mol. The van der Waals surface area contributed by atoms with Crippen molar-refractivity contribution in [2.24, 2.45) is 0 Å². The zero-order chi connectivity index (χ0) is 20.1. The zero-order valence-electron chi connectivity index (χ0n) is 14.9. The standard InChI is InChI=1S/C20H18F2N2O4/c1-12-16(18(25)27-11-13-5-3-2-4-6-13)17(24-20(26)23-12)14-7-9-15(10-8-14)28-19(21)22/h2-10,17,19H,11H2,1H3,(H2,23,24,26). The van der Waals surface area contributed by atoms with Gasteiger partial charge in [-0.25, -0.2) is 9.59 Å². The Morgan fingerprint density at radius 3 is 2.43 bits per heavy atom. The molecule has 28 heavy (non-hydrogen) atoms. The normalized spacial score (nSPS) is 16.4. The van der Waals surface area contributed by atoms with E-state index in [1.807, 2.05) is 30.3 Å². The van der Waals surface area contributed by atoms with Crippen LogP contribution in [0.2, 0.25) is 0 Å². The Bertz CT molecular complexity index is 883. The van der Waals surface area contributed by atoms with E-state index in [9.17, 15) is 18.4 Å². The lowest BCUT2D eigenvalue weighted by molar-refractivity contribution is -0.140. The molecule has 0 bridgehead atoms. The van der Waals surface area contributed by atoms with E-state index < -0.39 is 24.7 Å². The first kappa shape index (κ1) is 19.3. The van der Waals surface area contributed by atoms with Gasteiger partial charge in [0.25, 0.3) is 0 Å². The van der Waals surface area contributed by atoms with Crippen LogP contribution in [0.5, 0.6) is 5.75 Å². The summed E-state index contributed by atoms with van der Waals surface area (Å²) in [4.78, 5) is 24.6. The van der Waals surface area contributed by atoms with Crippen LogP contribution in [-0.2, 0) is 16.1 Å². The molecule has 0 fully saturated rings. The van der Waals surface area contributed by atoms with Crippen LogP contribution in [0.3, 0.4) is 0 Å². The summed E-state index contributed by atoms with van der Waals surface area (Å²) in [6.07, 6.45) is 0. The van der Waals surface area contributed by atoms with Crippen molar-refractivity contribution in [2.75, 3.05) is 0 Å². The highest BCUT2D eigenvalue weighted by molar-refractivity contribution is 5.95. The summed E-state index contributed by atoms with van der Waals surface area (Å²) < 4.78 is 34.3. The second-order valence-corrected chi connectivity index (χ2v) is 6.08. The third-order valence-electron chi connectivity index (χ3n) is 4.14. The largest absolute Gasteiger partial charge is 0.457 e. The third-order valence-corrected chi connectivity index (χ3v) is 4.14. The number of nitrogens with one attached hydrogen (secondary N) is 2. The summed E-state index contributed by atoms with van der Waals surface area (Å²) in [6, 6.07) is 13.6. The molecular formula is C20H18F2N2O4. The van der Waals surface area contributed by atoms with E-state index in [1.165, 1.54) is 24.3 Å². The molecule has 1 aliphatic heterocycles. The first-order valence-electron chi connectivity index (χ1n) is 8.48. The molecule has 0 saturated heterocycles. The molecule has 2 N–H and O–H groups in total. The van der Waals surface area contributed by atoms with E-state index in [0.29, 0.717) is 11.3 Å². The minimum absolute atomic E-state index is 0.0204. The molecule has 8 heteroatoms. The Labute approximate surface area is 160 Å². The molecule has 2 aromatic rings. The van der Waals surface area contributed by atoms with Crippen molar-refractivity contribution in [2.45, 2.75) is 26.2 Å². The van der Waals surface area contributed by atoms with Crippen molar-refractivity contribution in [3.05, 3.63) is 77.0 Å². The molecule has 0 spiro atoms. The zero-order valence-corrected chi connectivity index (χ0v) is 14.9. The predicted octanol–water partition coefficient (Wildman–Crippen LogP) is 3.66. The van der Waals surface area contributed by atoms with Crippen LogP contribution in [0.25, 0.3) is 0 Å². The number of carbonyl (C=O) groups excluding carboxylic acids is 2. The van der Waals surface area contributed by atoms with Gasteiger partial charge in [-0.2, -0.15) is 8.78 Å². The summed E-state index contributed by atoms with van der Waals surface area (Å²) in [6.45, 7) is -1.26. The smallest absolute Gasteiger partial charge is 0.387 e. The van der Waals surface area contributed by atoms with Gasteiger partial charge in [0, 0.05) is 5.70 Å². The topological polar surface area (TPSA) is 76.7 Å². The first-order chi connectivity index (χ1) is 13.4. The summed E-state index contributed by atoms with van der Waals surface area (Å²) in [5.74, 6) is -0.611. The van der Waals surface area contributed by atoms with Crippen molar-refractivity contribution in [3.8, 4) is 5.75 Å². The van der Waals surface area contributed by atoms with Gasteiger partial charge in [0.2, 0.25) is 0 Å². The van der Waals surface area contributed by atoms with Gasteiger partial charge in [0.05, 0.1) is 11.6 Å². The van der Waals surface area contributed by atoms with E-state index in [0.717, 1.165) is 5.56 Å². The summed E-state index contributed by atoms with van der Waals surface area (Å²) in [5, 5.41) is 5.21. The van der Waals surface area contributed by atoms with Gasteiger partial charge in [-0.3, -0.25) is 0 Å². The molecule has 1 heterocycles. The molecule has 0 aromatic heterocycles. The molecule has 0 aliphatic carbocycles. The second kappa shape index (κ2) is 8.51. The average Bonchev–Trinajstić information content (AvgIpc) is 2.66. The Hall–Kier alpha value is -3.42. The number of amides is 2. The lowest BCUT2D eigenvalue weighted by Gasteiger charge is -2.28. The highest BCUT2D eigenvalue weighted by atomic mass is 19.3. The van der Waals surface area contributed by atoms with Crippen molar-refractivity contribution in [3.63, 3.8) is 0 Å². The third kappa shape index (κ3) is 4.64. The summed E-state index contributed by atoms with van der Waals surface area (Å²) >= 11 is 0. The number of alkyl halides is 2. The quantitative estimate of drug-likeness (QED) is 0.741. The molecule has 0 radical (unpaired) electrons. The molecule has 0 saturated carbocycles. The maximum absolute atomic E-state index is 12.7. The van der Waals surface area contributed by atoms with Crippen molar-refractivity contribution in [1.29, 1.82) is 0 Å². The highest BCUT2D eigenvalue weighted by Gasteiger charge is 2.32. The molecule has 2 aromatic carbocycles. The van der Waals surface area contributed by atoms with Crippen molar-refractivity contribution < 1.29 is 27.8 Å². The van der Waals surface area contributed by atoms with Crippen LogP contribution >= 0.6 is 0 Å². The fourth-order valence-corrected chi connectivity index (χ4v) is 2.86. The SMILES string of the molecule is CC1=C(C(=O)OCc2ccccc2)C(c2ccc(OC(F)F)cc2)NC(=O)N1. The van der Waals surface area contributed by atoms with Crippen LogP contribution in [0, 0.1) is 0 Å². The molecule has 1 aliphatic rings. The lowest BCUT2D eigenvalue weighted by atomic mass is 9.95. The number of benzene rings is 2. The molecular weight excluding hydrogens is 370 g/mol. The van der Waals surface area contributed by atoms with Crippen LogP contribution in [0.1, 0.15) is 24.1 Å². The van der Waals surface area contributed by atoms with Crippen LogP contribution < -0.4 is 15.4 Å². The first-order valence-corrected chi connectivity index (χ1v) is 8.48. The molecule has 6 nitrogen and oxygen atoms in total. The number of urea groups is 1. The molecule has 3 rings (SSSR count). The predicted molar refractivity (Wildman–Crippen MR) is 96.4 cm³/mol. The van der Waals surface area contributed by atoms with Gasteiger partial charge in [-0.05, 0) is 30.2 Å². The lowest BCUT2D eigenvalue weighted by Crippen LogP contribution is -2.45. The fourth-order valence-electron chi connectivity index (χ4n) is 2.86. The van der Waals surface area contributed by atoms with E-state index in [4.69, 9.17) is 4.74 Å². The van der Waals surface area contributed by atoms with Crippen molar-refractivity contribution >= 4 is 12.0 Å². The van der Waals surface area contributed by atoms with E-state index in [1.54, 1.807) is 6.92 Å². The molecule has 1 atom stereocenters. The number of rotatable bonds is 6. The van der Waals surface area contributed by atoms with E-state index in [2.05, 4.69) is 15.4 Å². The maximum atomic E-state index is 12.7. The maximum Gasteiger partial charge on any atom is 0.387 e. The Kier molecular flexibility index (Phi) is 5.88. The number of halogens is 2. The van der Waals surface area contributed by atoms with Crippen LogP contribution in [0.4, 0.5) is 13.6 Å². The Morgan fingerprint density at radius 2 is 1.79 bits per heavy atom.